The summed E-state index contributed by atoms with van der Waals surface area (Å²) in [6.07, 6.45) is 4.04. The molecule has 2 amide bonds. The van der Waals surface area contributed by atoms with Crippen molar-refractivity contribution in [3.63, 3.8) is 0 Å². The molecule has 9 heteroatoms. The van der Waals surface area contributed by atoms with E-state index in [1.807, 2.05) is 72.2 Å². The van der Waals surface area contributed by atoms with E-state index in [-0.39, 0.29) is 25.2 Å². The summed E-state index contributed by atoms with van der Waals surface area (Å²) in [4.78, 5) is 45.6. The molecule has 2 aromatic carbocycles. The summed E-state index contributed by atoms with van der Waals surface area (Å²) in [6.45, 7) is 0. The van der Waals surface area contributed by atoms with Gasteiger partial charge in [-0.25, -0.2) is 4.79 Å². The van der Waals surface area contributed by atoms with E-state index in [0.29, 0.717) is 0 Å². The number of aliphatic carboxylic acids is 1. The molecule has 8 nitrogen and oxygen atoms in total. The second kappa shape index (κ2) is 10.7. The van der Waals surface area contributed by atoms with Gasteiger partial charge in [0, 0.05) is 51.9 Å². The van der Waals surface area contributed by atoms with Gasteiger partial charge in [0.15, 0.2) is 0 Å². The number of carbonyl (C=O) groups is 3. The lowest BCUT2D eigenvalue weighted by atomic mass is 10.0. The molecule has 0 fully saturated rings. The number of H-pyrrole nitrogens is 2. The van der Waals surface area contributed by atoms with E-state index >= 15 is 0 Å². The summed E-state index contributed by atoms with van der Waals surface area (Å²) in [5, 5.41) is 19.2. The minimum atomic E-state index is -1.16. The van der Waals surface area contributed by atoms with Crippen molar-refractivity contribution in [3.05, 3.63) is 94.4 Å². The van der Waals surface area contributed by atoms with Gasteiger partial charge in [0.1, 0.15) is 12.1 Å². The molecule has 3 aromatic heterocycles. The van der Waals surface area contributed by atoms with Crippen LogP contribution in [0.1, 0.15) is 16.0 Å². The Balaban J connectivity index is 1.36. The highest BCUT2D eigenvalue weighted by atomic mass is 32.1. The number of amides is 2. The van der Waals surface area contributed by atoms with Crippen LogP contribution in [-0.2, 0) is 33.6 Å². The van der Waals surface area contributed by atoms with Crippen molar-refractivity contribution in [2.24, 2.45) is 0 Å². The maximum absolute atomic E-state index is 13.4. The normalized spacial score (nSPS) is 12.9. The summed E-state index contributed by atoms with van der Waals surface area (Å²) in [5.41, 5.74) is 3.46. The van der Waals surface area contributed by atoms with E-state index in [2.05, 4.69) is 20.6 Å². The Labute approximate surface area is 216 Å². The van der Waals surface area contributed by atoms with E-state index in [0.717, 1.165) is 37.8 Å². The van der Waals surface area contributed by atoms with E-state index in [4.69, 9.17) is 0 Å². The molecule has 3 heterocycles. The van der Waals surface area contributed by atoms with Crippen LogP contribution in [0.3, 0.4) is 0 Å². The average molecular weight is 515 g/mol. The number of fused-ring (bicyclic) bond motifs is 2. The zero-order valence-electron chi connectivity index (χ0n) is 19.9. The maximum atomic E-state index is 13.4. The van der Waals surface area contributed by atoms with Crippen LogP contribution in [0.2, 0.25) is 0 Å². The van der Waals surface area contributed by atoms with Gasteiger partial charge in [-0.2, -0.15) is 0 Å². The Bertz CT molecular complexity index is 1550. The van der Waals surface area contributed by atoms with Crippen molar-refractivity contribution in [3.8, 4) is 0 Å². The van der Waals surface area contributed by atoms with Gasteiger partial charge in [0.05, 0.1) is 6.42 Å². The summed E-state index contributed by atoms with van der Waals surface area (Å²) in [5.74, 6) is -1.99. The standard InChI is InChI=1S/C28H26N4O4S/c33-26(14-19-6-5-11-37-19)31-24(12-17-15-29-22-9-3-1-7-20(17)22)27(34)32-25(28(35)36)13-18-16-30-23-10-4-2-8-21(18)23/h1-11,15-16,24-25,29-30H,12-14H2,(H,31,33)(H,32,34)(H,35,36)/t24-,25-/m0/s1. The number of carboxylic acids is 1. The van der Waals surface area contributed by atoms with Crippen molar-refractivity contribution in [2.45, 2.75) is 31.3 Å². The molecule has 0 unspecified atom stereocenters. The molecule has 37 heavy (non-hydrogen) atoms. The molecular formula is C28H26N4O4S. The lowest BCUT2D eigenvalue weighted by Crippen LogP contribution is -2.53. The van der Waals surface area contributed by atoms with Gasteiger partial charge in [-0.1, -0.05) is 42.5 Å². The number of carbonyl (C=O) groups excluding carboxylic acids is 2. The molecule has 0 aliphatic rings. The Kier molecular flexibility index (Phi) is 7.04. The second-order valence-electron chi connectivity index (χ2n) is 8.90. The lowest BCUT2D eigenvalue weighted by Gasteiger charge is -2.21. The van der Waals surface area contributed by atoms with Gasteiger partial charge >= 0.3 is 5.97 Å². The lowest BCUT2D eigenvalue weighted by molar-refractivity contribution is -0.142. The van der Waals surface area contributed by atoms with Crippen molar-refractivity contribution in [1.82, 2.24) is 20.6 Å². The molecule has 188 valence electrons. The third-order valence-electron chi connectivity index (χ3n) is 6.38. The Hall–Kier alpha value is -4.37. The van der Waals surface area contributed by atoms with Gasteiger partial charge in [0.2, 0.25) is 11.8 Å². The predicted molar refractivity (Wildman–Crippen MR) is 144 cm³/mol. The smallest absolute Gasteiger partial charge is 0.326 e. The topological polar surface area (TPSA) is 127 Å². The maximum Gasteiger partial charge on any atom is 0.326 e. The minimum Gasteiger partial charge on any atom is -0.480 e. The quantitative estimate of drug-likeness (QED) is 0.194. The van der Waals surface area contributed by atoms with Gasteiger partial charge in [-0.15, -0.1) is 11.3 Å². The molecule has 5 rings (SSSR count). The molecule has 0 radical (unpaired) electrons. The number of rotatable bonds is 10. The molecule has 0 bridgehead atoms. The van der Waals surface area contributed by atoms with E-state index < -0.39 is 24.0 Å². The van der Waals surface area contributed by atoms with E-state index in [1.165, 1.54) is 11.3 Å². The highest BCUT2D eigenvalue weighted by Crippen LogP contribution is 2.21. The SMILES string of the molecule is O=C(Cc1cccs1)N[C@@H](Cc1c[nH]c2ccccc12)C(=O)N[C@@H](Cc1c[nH]c2ccccc12)C(=O)O. The number of hydrogen-bond acceptors (Lipinski definition) is 4. The first-order valence-electron chi connectivity index (χ1n) is 11.9. The highest BCUT2D eigenvalue weighted by Gasteiger charge is 2.28. The van der Waals surface area contributed by atoms with Crippen LogP contribution < -0.4 is 10.6 Å². The number of carboxylic acid groups (broad SMARTS) is 1. The molecular weight excluding hydrogens is 488 g/mol. The molecule has 0 aliphatic carbocycles. The van der Waals surface area contributed by atoms with Crippen molar-refractivity contribution in [2.75, 3.05) is 0 Å². The van der Waals surface area contributed by atoms with Crippen LogP contribution in [0, 0.1) is 0 Å². The number of thiophene rings is 1. The fourth-order valence-corrected chi connectivity index (χ4v) is 5.24. The van der Waals surface area contributed by atoms with Gasteiger partial charge < -0.3 is 25.7 Å². The second-order valence-corrected chi connectivity index (χ2v) is 9.94. The monoisotopic (exact) mass is 514 g/mol. The first kappa shape index (κ1) is 24.3. The summed E-state index contributed by atoms with van der Waals surface area (Å²) in [7, 11) is 0. The summed E-state index contributed by atoms with van der Waals surface area (Å²) >= 11 is 1.46. The first-order valence-corrected chi connectivity index (χ1v) is 12.8. The molecule has 2 atom stereocenters. The van der Waals surface area contributed by atoms with Gasteiger partial charge in [-0.05, 0) is 34.7 Å². The Morgan fingerprint density at radius 1 is 0.784 bits per heavy atom. The summed E-state index contributed by atoms with van der Waals surface area (Å²) in [6, 6.07) is 16.9. The largest absolute Gasteiger partial charge is 0.480 e. The first-order chi connectivity index (χ1) is 18.0. The average Bonchev–Trinajstić information content (AvgIpc) is 3.64. The molecule has 0 saturated heterocycles. The Morgan fingerprint density at radius 2 is 1.38 bits per heavy atom. The molecule has 0 saturated carbocycles. The molecule has 0 aliphatic heterocycles. The number of para-hydroxylation sites is 2. The number of nitrogens with one attached hydrogen (secondary N) is 4. The molecule has 5 aromatic rings. The van der Waals surface area contributed by atoms with E-state index in [1.54, 1.807) is 6.20 Å². The van der Waals surface area contributed by atoms with E-state index in [9.17, 15) is 19.5 Å². The predicted octanol–water partition coefficient (Wildman–Crippen LogP) is 3.79. The van der Waals surface area contributed by atoms with Crippen molar-refractivity contribution in [1.29, 1.82) is 0 Å². The van der Waals surface area contributed by atoms with Crippen LogP contribution >= 0.6 is 11.3 Å². The van der Waals surface area contributed by atoms with Gasteiger partial charge in [0.25, 0.3) is 0 Å². The van der Waals surface area contributed by atoms with Crippen LogP contribution in [0.25, 0.3) is 21.8 Å². The van der Waals surface area contributed by atoms with Crippen molar-refractivity contribution < 1.29 is 19.5 Å². The fourth-order valence-electron chi connectivity index (χ4n) is 4.54. The third-order valence-corrected chi connectivity index (χ3v) is 7.26. The van der Waals surface area contributed by atoms with Gasteiger partial charge in [-0.3, -0.25) is 9.59 Å². The van der Waals surface area contributed by atoms with Crippen LogP contribution in [0.5, 0.6) is 0 Å². The zero-order valence-corrected chi connectivity index (χ0v) is 20.7. The number of aromatic amines is 2. The zero-order chi connectivity index (χ0) is 25.8. The highest BCUT2D eigenvalue weighted by molar-refractivity contribution is 7.10. The minimum absolute atomic E-state index is 0.105. The number of benzene rings is 2. The van der Waals surface area contributed by atoms with Crippen LogP contribution in [-0.4, -0.2) is 44.9 Å². The van der Waals surface area contributed by atoms with Crippen LogP contribution in [0.4, 0.5) is 0 Å². The Morgan fingerprint density at radius 3 is 1.95 bits per heavy atom. The third kappa shape index (κ3) is 5.57. The molecule has 0 spiro atoms. The number of aromatic nitrogens is 2. The van der Waals surface area contributed by atoms with Crippen LogP contribution in [0.15, 0.2) is 78.4 Å². The summed E-state index contributed by atoms with van der Waals surface area (Å²) < 4.78 is 0. The van der Waals surface area contributed by atoms with Crippen molar-refractivity contribution >= 4 is 50.9 Å². The number of hydrogen-bond donors (Lipinski definition) is 5. The fraction of sp³-hybridized carbons (Fsp3) is 0.179. The molecule has 5 N–H and O–H groups in total.